The first-order valence-electron chi connectivity index (χ1n) is 4.88. The molecule has 0 aromatic carbocycles. The molecule has 1 aliphatic rings. The fourth-order valence-corrected chi connectivity index (χ4v) is 1.80. The Morgan fingerprint density at radius 1 is 1.38 bits per heavy atom. The van der Waals surface area contributed by atoms with Crippen molar-refractivity contribution in [3.05, 3.63) is 0 Å². The lowest BCUT2D eigenvalue weighted by Gasteiger charge is -2.31. The molecule has 3 heteroatoms. The minimum absolute atomic E-state index is 0.379. The summed E-state index contributed by atoms with van der Waals surface area (Å²) in [5.74, 6) is -2.56. The van der Waals surface area contributed by atoms with E-state index in [0.29, 0.717) is 19.0 Å². The number of hydrogen-bond donors (Lipinski definition) is 0. The Morgan fingerprint density at radius 2 is 1.92 bits per heavy atom. The van der Waals surface area contributed by atoms with Gasteiger partial charge in [0.15, 0.2) is 0 Å². The summed E-state index contributed by atoms with van der Waals surface area (Å²) in [6, 6.07) is 0.379. The first-order valence-corrected chi connectivity index (χ1v) is 4.88. The molecule has 0 aromatic rings. The van der Waals surface area contributed by atoms with Gasteiger partial charge in [-0.15, -0.1) is 0 Å². The van der Waals surface area contributed by atoms with Gasteiger partial charge in [-0.1, -0.05) is 6.92 Å². The topological polar surface area (TPSA) is 3.24 Å². The van der Waals surface area contributed by atoms with Gasteiger partial charge in [0.1, 0.15) is 0 Å². The van der Waals surface area contributed by atoms with Crippen molar-refractivity contribution < 1.29 is 8.78 Å². The third kappa shape index (κ3) is 2.01. The second-order valence-corrected chi connectivity index (χ2v) is 4.76. The van der Waals surface area contributed by atoms with Gasteiger partial charge in [-0.25, -0.2) is 8.78 Å². The Balaban J connectivity index is 2.67. The molecule has 0 bridgehead atoms. The maximum atomic E-state index is 13.2. The van der Waals surface area contributed by atoms with Crippen molar-refractivity contribution in [2.45, 2.75) is 46.1 Å². The van der Waals surface area contributed by atoms with Gasteiger partial charge in [0.25, 0.3) is 5.92 Å². The van der Waals surface area contributed by atoms with E-state index in [1.54, 1.807) is 6.92 Å². The maximum absolute atomic E-state index is 13.2. The van der Waals surface area contributed by atoms with E-state index in [-0.39, 0.29) is 0 Å². The van der Waals surface area contributed by atoms with E-state index in [1.165, 1.54) is 0 Å². The monoisotopic (exact) mass is 191 g/mol. The second kappa shape index (κ2) is 3.19. The van der Waals surface area contributed by atoms with Gasteiger partial charge in [0, 0.05) is 18.0 Å². The molecular formula is C10H19F2N. The normalized spacial score (nSPS) is 31.6. The van der Waals surface area contributed by atoms with Gasteiger partial charge in [0.2, 0.25) is 0 Å². The molecule has 1 fully saturated rings. The number of hydrogen-bond acceptors (Lipinski definition) is 1. The van der Waals surface area contributed by atoms with Crippen molar-refractivity contribution in [2.24, 2.45) is 5.41 Å². The summed E-state index contributed by atoms with van der Waals surface area (Å²) in [5, 5.41) is 0. The van der Waals surface area contributed by atoms with Crippen molar-refractivity contribution in [3.63, 3.8) is 0 Å². The van der Waals surface area contributed by atoms with Crippen LogP contribution in [0, 0.1) is 5.41 Å². The molecule has 0 aromatic heterocycles. The molecule has 0 saturated carbocycles. The fourth-order valence-electron chi connectivity index (χ4n) is 1.80. The van der Waals surface area contributed by atoms with Gasteiger partial charge in [0.05, 0.1) is 0 Å². The predicted molar refractivity (Wildman–Crippen MR) is 50.1 cm³/mol. The Morgan fingerprint density at radius 3 is 2.15 bits per heavy atom. The van der Waals surface area contributed by atoms with Crippen LogP contribution in [0.3, 0.4) is 0 Å². The number of halogens is 2. The molecule has 13 heavy (non-hydrogen) atoms. The highest BCUT2D eigenvalue weighted by molar-refractivity contribution is 4.95. The van der Waals surface area contributed by atoms with E-state index < -0.39 is 11.3 Å². The van der Waals surface area contributed by atoms with Crippen LogP contribution in [0.1, 0.15) is 34.1 Å². The standard InChI is InChI=1S/C10H19F2N/c1-8(2)13-6-5-9(3,7-13)10(4,11)12/h8H,5-7H2,1-4H3. The molecular weight excluding hydrogens is 172 g/mol. The highest BCUT2D eigenvalue weighted by Crippen LogP contribution is 2.43. The summed E-state index contributed by atoms with van der Waals surface area (Å²) < 4.78 is 26.4. The Hall–Kier alpha value is -0.180. The van der Waals surface area contributed by atoms with E-state index in [9.17, 15) is 8.78 Å². The molecule has 1 aliphatic heterocycles. The molecule has 0 N–H and O–H groups in total. The number of alkyl halides is 2. The van der Waals surface area contributed by atoms with Crippen molar-refractivity contribution in [2.75, 3.05) is 13.1 Å². The average Bonchev–Trinajstić information content (AvgIpc) is 2.31. The van der Waals surface area contributed by atoms with E-state index in [4.69, 9.17) is 0 Å². The first kappa shape index (κ1) is 10.9. The Labute approximate surface area is 79.1 Å². The minimum atomic E-state index is -2.56. The minimum Gasteiger partial charge on any atom is -0.300 e. The molecule has 1 unspecified atom stereocenters. The van der Waals surface area contributed by atoms with E-state index >= 15 is 0 Å². The van der Waals surface area contributed by atoms with Gasteiger partial charge >= 0.3 is 0 Å². The maximum Gasteiger partial charge on any atom is 0.251 e. The molecule has 1 heterocycles. The number of likely N-dealkylation sites (tertiary alicyclic amines) is 1. The largest absolute Gasteiger partial charge is 0.300 e. The molecule has 0 amide bonds. The predicted octanol–water partition coefficient (Wildman–Crippen LogP) is 2.76. The summed E-state index contributed by atoms with van der Waals surface area (Å²) in [6.45, 7) is 8.16. The first-order chi connectivity index (χ1) is 5.76. The van der Waals surface area contributed by atoms with Gasteiger partial charge < -0.3 is 4.90 Å². The number of rotatable bonds is 2. The molecule has 1 atom stereocenters. The molecule has 0 radical (unpaired) electrons. The fraction of sp³-hybridized carbons (Fsp3) is 1.00. The average molecular weight is 191 g/mol. The van der Waals surface area contributed by atoms with Crippen molar-refractivity contribution in [1.82, 2.24) is 4.90 Å². The highest BCUT2D eigenvalue weighted by Gasteiger charge is 2.50. The van der Waals surface area contributed by atoms with Crippen LogP contribution in [0.5, 0.6) is 0 Å². The summed E-state index contributed by atoms with van der Waals surface area (Å²) >= 11 is 0. The molecule has 0 aliphatic carbocycles. The van der Waals surface area contributed by atoms with Crippen molar-refractivity contribution in [3.8, 4) is 0 Å². The number of nitrogens with zero attached hydrogens (tertiary/aromatic N) is 1. The van der Waals surface area contributed by atoms with Crippen molar-refractivity contribution in [1.29, 1.82) is 0 Å². The zero-order valence-corrected chi connectivity index (χ0v) is 8.90. The van der Waals surface area contributed by atoms with Crippen molar-refractivity contribution >= 4 is 0 Å². The molecule has 1 saturated heterocycles. The van der Waals surface area contributed by atoms with Crippen LogP contribution in [0.25, 0.3) is 0 Å². The van der Waals surface area contributed by atoms with Crippen LogP contribution in [-0.2, 0) is 0 Å². The van der Waals surface area contributed by atoms with E-state index in [0.717, 1.165) is 13.5 Å². The van der Waals surface area contributed by atoms with Crippen LogP contribution in [0.15, 0.2) is 0 Å². The zero-order valence-electron chi connectivity index (χ0n) is 8.90. The summed E-state index contributed by atoms with van der Waals surface area (Å²) in [4.78, 5) is 2.12. The van der Waals surface area contributed by atoms with Gasteiger partial charge in [-0.05, 0) is 33.7 Å². The van der Waals surface area contributed by atoms with E-state index in [1.807, 2.05) is 0 Å². The van der Waals surface area contributed by atoms with E-state index in [2.05, 4.69) is 18.7 Å². The summed E-state index contributed by atoms with van der Waals surface area (Å²) in [5.41, 5.74) is -0.822. The summed E-state index contributed by atoms with van der Waals surface area (Å²) in [6.07, 6.45) is 0.606. The molecule has 0 spiro atoms. The van der Waals surface area contributed by atoms with Gasteiger partial charge in [-0.2, -0.15) is 0 Å². The third-order valence-electron chi connectivity index (χ3n) is 3.29. The molecule has 1 rings (SSSR count). The van der Waals surface area contributed by atoms with Gasteiger partial charge in [-0.3, -0.25) is 0 Å². The zero-order chi connectivity index (χ0) is 10.3. The lowest BCUT2D eigenvalue weighted by atomic mass is 9.83. The van der Waals surface area contributed by atoms with Crippen LogP contribution in [0.4, 0.5) is 8.78 Å². The van der Waals surface area contributed by atoms with Crippen LogP contribution >= 0.6 is 0 Å². The molecule has 78 valence electrons. The van der Waals surface area contributed by atoms with Crippen LogP contribution < -0.4 is 0 Å². The Kier molecular flexibility index (Phi) is 2.68. The second-order valence-electron chi connectivity index (χ2n) is 4.76. The quantitative estimate of drug-likeness (QED) is 0.648. The SMILES string of the molecule is CC(C)N1CCC(C)(C(C)(F)F)C1. The lowest BCUT2D eigenvalue weighted by Crippen LogP contribution is -2.40. The molecule has 1 nitrogen and oxygen atoms in total. The highest BCUT2D eigenvalue weighted by atomic mass is 19.3. The van der Waals surface area contributed by atoms with Crippen LogP contribution in [0.2, 0.25) is 0 Å². The third-order valence-corrected chi connectivity index (χ3v) is 3.29. The lowest BCUT2D eigenvalue weighted by molar-refractivity contribution is -0.0923. The summed E-state index contributed by atoms with van der Waals surface area (Å²) in [7, 11) is 0. The van der Waals surface area contributed by atoms with Crippen LogP contribution in [-0.4, -0.2) is 30.0 Å². The smallest absolute Gasteiger partial charge is 0.251 e. The Bertz CT molecular complexity index is 186.